The van der Waals surface area contributed by atoms with Crippen molar-refractivity contribution in [2.24, 2.45) is 11.3 Å². The molecule has 0 N–H and O–H groups in total. The van der Waals surface area contributed by atoms with Crippen LogP contribution < -0.4 is 0 Å². The molecule has 2 nitrogen and oxygen atoms in total. The fourth-order valence-electron chi connectivity index (χ4n) is 3.26. The first-order valence-electron chi connectivity index (χ1n) is 5.71. The number of nitrogens with zero attached hydrogens (tertiary/aromatic N) is 2. The molecule has 78 valence electrons. The minimum atomic E-state index is 0.676. The second kappa shape index (κ2) is 2.46. The summed E-state index contributed by atoms with van der Waals surface area (Å²) in [6.07, 6.45) is 4.09. The van der Waals surface area contributed by atoms with Gasteiger partial charge in [0.25, 0.3) is 0 Å². The van der Waals surface area contributed by atoms with Gasteiger partial charge >= 0.3 is 0 Å². The van der Waals surface area contributed by atoms with E-state index in [-0.39, 0.29) is 0 Å². The van der Waals surface area contributed by atoms with E-state index in [4.69, 9.17) is 0 Å². The Kier molecular flexibility index (Phi) is 1.37. The van der Waals surface area contributed by atoms with Crippen molar-refractivity contribution in [1.29, 1.82) is 0 Å². The van der Waals surface area contributed by atoms with Crippen LogP contribution in [0, 0.1) is 11.3 Å². The molecule has 2 aromatic heterocycles. The number of fused-ring (bicyclic) bond motifs is 3. The molecule has 3 heterocycles. The first kappa shape index (κ1) is 8.34. The van der Waals surface area contributed by atoms with Crippen LogP contribution in [-0.2, 0) is 13.0 Å². The van der Waals surface area contributed by atoms with Crippen LogP contribution in [-0.4, -0.2) is 8.94 Å². The van der Waals surface area contributed by atoms with Gasteiger partial charge in [-0.3, -0.25) is 0 Å². The van der Waals surface area contributed by atoms with E-state index < -0.39 is 0 Å². The molecule has 0 saturated heterocycles. The Labute approximate surface area is 93.1 Å². The van der Waals surface area contributed by atoms with Crippen molar-refractivity contribution in [3.05, 3.63) is 17.1 Å². The third-order valence-electron chi connectivity index (χ3n) is 4.47. The van der Waals surface area contributed by atoms with Gasteiger partial charge in [0.15, 0.2) is 5.65 Å². The Hall–Kier alpha value is -0.830. The fraction of sp³-hybridized carbons (Fsp3) is 0.583. The summed E-state index contributed by atoms with van der Waals surface area (Å²) in [4.78, 5) is 0. The summed E-state index contributed by atoms with van der Waals surface area (Å²) in [6, 6.07) is 2.35. The van der Waals surface area contributed by atoms with Gasteiger partial charge in [0.05, 0.1) is 0 Å². The van der Waals surface area contributed by atoms with Crippen LogP contribution in [0.25, 0.3) is 11.0 Å². The third-order valence-corrected chi connectivity index (χ3v) is 5.10. The van der Waals surface area contributed by atoms with Crippen LogP contribution in [0.3, 0.4) is 0 Å². The van der Waals surface area contributed by atoms with Gasteiger partial charge in [0.2, 0.25) is 0 Å². The van der Waals surface area contributed by atoms with Crippen molar-refractivity contribution >= 4 is 22.6 Å². The van der Waals surface area contributed by atoms with E-state index in [0.29, 0.717) is 5.41 Å². The minimum Gasteiger partial charge on any atom is -0.329 e. The molecule has 0 aromatic carbocycles. The van der Waals surface area contributed by atoms with Crippen molar-refractivity contribution < 1.29 is 0 Å². The monoisotopic (exact) mass is 218 g/mol. The predicted octanol–water partition coefficient (Wildman–Crippen LogP) is 3.07. The molecule has 2 unspecified atom stereocenters. The van der Waals surface area contributed by atoms with E-state index in [0.717, 1.165) is 5.92 Å². The molecule has 1 spiro atoms. The molecule has 2 aliphatic rings. The number of aryl methyl sites for hydroxylation is 1. The van der Waals surface area contributed by atoms with Gasteiger partial charge in [-0.2, -0.15) is 4.37 Å². The molecule has 1 fully saturated rings. The van der Waals surface area contributed by atoms with E-state index >= 15 is 0 Å². The first-order valence-corrected chi connectivity index (χ1v) is 6.55. The molecule has 2 atom stereocenters. The van der Waals surface area contributed by atoms with Gasteiger partial charge in [-0.15, -0.1) is 0 Å². The lowest BCUT2D eigenvalue weighted by Gasteiger charge is -2.24. The Morgan fingerprint density at radius 3 is 3.27 bits per heavy atom. The molecule has 1 saturated carbocycles. The lowest BCUT2D eigenvalue weighted by Crippen LogP contribution is -2.21. The molecular formula is C12H14N2S. The summed E-state index contributed by atoms with van der Waals surface area (Å²) in [7, 11) is 0. The normalized spacial score (nSPS) is 33.5. The number of rotatable bonds is 0. The average Bonchev–Trinajstić information content (AvgIpc) is 2.63. The summed E-state index contributed by atoms with van der Waals surface area (Å²) >= 11 is 1.58. The molecule has 3 heteroatoms. The molecule has 4 rings (SSSR count). The summed E-state index contributed by atoms with van der Waals surface area (Å²) in [5.41, 5.74) is 3.42. The predicted molar refractivity (Wildman–Crippen MR) is 62.1 cm³/mol. The Bertz CT molecular complexity index is 539. The quantitative estimate of drug-likeness (QED) is 0.664. The van der Waals surface area contributed by atoms with Crippen LogP contribution in [0.1, 0.15) is 25.5 Å². The van der Waals surface area contributed by atoms with Gasteiger partial charge in [0, 0.05) is 23.0 Å². The topological polar surface area (TPSA) is 17.8 Å². The first-order chi connectivity index (χ1) is 7.28. The van der Waals surface area contributed by atoms with Gasteiger partial charge in [-0.1, -0.05) is 6.92 Å². The van der Waals surface area contributed by atoms with Gasteiger partial charge in [-0.25, -0.2) is 0 Å². The Balaban J connectivity index is 1.86. The SMILES string of the molecule is CC1CC12CCn1c(cc3csnc31)C2. The van der Waals surface area contributed by atoms with Crippen LogP contribution in [0.2, 0.25) is 0 Å². The second-order valence-electron chi connectivity index (χ2n) is 5.28. The smallest absolute Gasteiger partial charge is 0.153 e. The molecular weight excluding hydrogens is 204 g/mol. The van der Waals surface area contributed by atoms with Crippen molar-refractivity contribution in [1.82, 2.24) is 8.94 Å². The van der Waals surface area contributed by atoms with E-state index in [1.54, 1.807) is 11.5 Å². The summed E-state index contributed by atoms with van der Waals surface area (Å²) < 4.78 is 6.92. The standard InChI is InChI=1S/C12H14N2S/c1-8-5-12(8)2-3-14-10(6-12)4-9-7-15-13-11(9)14/h4,7-8H,2-3,5-6H2,1H3. The molecule has 0 radical (unpaired) electrons. The third kappa shape index (κ3) is 0.969. The van der Waals surface area contributed by atoms with E-state index in [2.05, 4.69) is 27.3 Å². The maximum Gasteiger partial charge on any atom is 0.153 e. The number of hydrogen-bond acceptors (Lipinski definition) is 2. The zero-order valence-corrected chi connectivity index (χ0v) is 9.68. The number of hydrogen-bond donors (Lipinski definition) is 0. The average molecular weight is 218 g/mol. The van der Waals surface area contributed by atoms with Crippen molar-refractivity contribution in [3.63, 3.8) is 0 Å². The Morgan fingerprint density at radius 2 is 2.47 bits per heavy atom. The lowest BCUT2D eigenvalue weighted by molar-refractivity contribution is 0.347. The van der Waals surface area contributed by atoms with E-state index in [1.807, 2.05) is 0 Å². The molecule has 1 aliphatic heterocycles. The lowest BCUT2D eigenvalue weighted by atomic mass is 9.91. The van der Waals surface area contributed by atoms with Crippen LogP contribution in [0.15, 0.2) is 11.4 Å². The van der Waals surface area contributed by atoms with Crippen LogP contribution in [0.4, 0.5) is 0 Å². The summed E-state index contributed by atoms with van der Waals surface area (Å²) in [5.74, 6) is 0.950. The number of aromatic nitrogens is 2. The summed E-state index contributed by atoms with van der Waals surface area (Å²) in [6.45, 7) is 3.59. The highest BCUT2D eigenvalue weighted by Gasteiger charge is 2.52. The molecule has 15 heavy (non-hydrogen) atoms. The molecule has 2 aromatic rings. The molecule has 0 bridgehead atoms. The van der Waals surface area contributed by atoms with Crippen LogP contribution >= 0.6 is 11.5 Å². The highest BCUT2D eigenvalue weighted by Crippen LogP contribution is 2.59. The van der Waals surface area contributed by atoms with E-state index in [9.17, 15) is 0 Å². The van der Waals surface area contributed by atoms with Crippen molar-refractivity contribution in [3.8, 4) is 0 Å². The zero-order chi connectivity index (χ0) is 10.0. The minimum absolute atomic E-state index is 0.676. The van der Waals surface area contributed by atoms with Crippen molar-refractivity contribution in [2.75, 3.05) is 0 Å². The fourth-order valence-corrected chi connectivity index (χ4v) is 3.90. The molecule has 0 amide bonds. The van der Waals surface area contributed by atoms with E-state index in [1.165, 1.54) is 42.5 Å². The maximum absolute atomic E-state index is 4.48. The van der Waals surface area contributed by atoms with Gasteiger partial charge in [0.1, 0.15) is 0 Å². The highest BCUT2D eigenvalue weighted by molar-refractivity contribution is 7.04. The largest absolute Gasteiger partial charge is 0.329 e. The van der Waals surface area contributed by atoms with Gasteiger partial charge in [-0.05, 0) is 48.2 Å². The second-order valence-corrected chi connectivity index (χ2v) is 5.90. The molecule has 1 aliphatic carbocycles. The zero-order valence-electron chi connectivity index (χ0n) is 8.86. The highest BCUT2D eigenvalue weighted by atomic mass is 32.1. The van der Waals surface area contributed by atoms with Gasteiger partial charge < -0.3 is 4.57 Å². The van der Waals surface area contributed by atoms with Crippen LogP contribution in [0.5, 0.6) is 0 Å². The summed E-state index contributed by atoms with van der Waals surface area (Å²) in [5, 5.41) is 3.52. The van der Waals surface area contributed by atoms with Crippen molar-refractivity contribution in [2.45, 2.75) is 32.7 Å². The maximum atomic E-state index is 4.48. The Morgan fingerprint density at radius 1 is 1.60 bits per heavy atom.